The van der Waals surface area contributed by atoms with E-state index in [-0.39, 0.29) is 25.0 Å². The van der Waals surface area contributed by atoms with Crippen molar-refractivity contribution in [1.29, 1.82) is 0 Å². The highest BCUT2D eigenvalue weighted by Gasteiger charge is 2.18. The number of halogens is 1. The molecule has 0 heterocycles. The first-order valence-electron chi connectivity index (χ1n) is 6.46. The molecule has 0 bridgehead atoms. The second-order valence-corrected chi connectivity index (χ2v) is 4.80. The molecule has 0 saturated carbocycles. The Balaban J connectivity index is 3.02. The second kappa shape index (κ2) is 7.87. The average Bonchev–Trinajstić information content (AvgIpc) is 2.39. The number of benzene rings is 1. The van der Waals surface area contributed by atoms with Gasteiger partial charge in [-0.1, -0.05) is 18.5 Å². The van der Waals surface area contributed by atoms with E-state index >= 15 is 0 Å². The molecule has 0 aliphatic carbocycles. The summed E-state index contributed by atoms with van der Waals surface area (Å²) < 4.78 is 0. The van der Waals surface area contributed by atoms with Gasteiger partial charge in [0.2, 0.25) is 5.91 Å². The van der Waals surface area contributed by atoms with Gasteiger partial charge in [-0.3, -0.25) is 9.59 Å². The van der Waals surface area contributed by atoms with Gasteiger partial charge in [-0.25, -0.2) is 0 Å². The van der Waals surface area contributed by atoms with Crippen molar-refractivity contribution in [3.63, 3.8) is 0 Å². The maximum absolute atomic E-state index is 12.4. The number of nitrogens with one attached hydrogen (secondary N) is 1. The van der Waals surface area contributed by atoms with Crippen LogP contribution in [0.15, 0.2) is 18.2 Å². The van der Waals surface area contributed by atoms with Crippen molar-refractivity contribution in [3.8, 4) is 0 Å². The maximum Gasteiger partial charge on any atom is 0.255 e. The van der Waals surface area contributed by atoms with Gasteiger partial charge in [0, 0.05) is 25.7 Å². The number of hydrogen-bond donors (Lipinski definition) is 2. The second-order valence-electron chi connectivity index (χ2n) is 4.39. The van der Waals surface area contributed by atoms with Crippen LogP contribution in [0.2, 0.25) is 5.02 Å². The number of aliphatic hydroxyl groups excluding tert-OH is 1. The van der Waals surface area contributed by atoms with Gasteiger partial charge in [0.25, 0.3) is 5.91 Å². The summed E-state index contributed by atoms with van der Waals surface area (Å²) in [5, 5.41) is 12.0. The van der Waals surface area contributed by atoms with E-state index in [4.69, 9.17) is 16.7 Å². The molecule has 1 rings (SSSR count). The summed E-state index contributed by atoms with van der Waals surface area (Å²) in [7, 11) is 0. The van der Waals surface area contributed by atoms with Gasteiger partial charge in [-0.2, -0.15) is 0 Å². The summed E-state index contributed by atoms with van der Waals surface area (Å²) >= 11 is 6.05. The van der Waals surface area contributed by atoms with Gasteiger partial charge in [-0.15, -0.1) is 0 Å². The fraction of sp³-hybridized carbons (Fsp3) is 0.429. The van der Waals surface area contributed by atoms with E-state index in [1.54, 1.807) is 23.1 Å². The molecule has 6 heteroatoms. The number of hydrogen-bond acceptors (Lipinski definition) is 3. The molecule has 0 unspecified atom stereocenters. The van der Waals surface area contributed by atoms with Gasteiger partial charge in [0.15, 0.2) is 0 Å². The molecule has 0 radical (unpaired) electrons. The van der Waals surface area contributed by atoms with Crippen LogP contribution in [-0.2, 0) is 4.79 Å². The Morgan fingerprint density at radius 2 is 2.05 bits per heavy atom. The lowest BCUT2D eigenvalue weighted by atomic mass is 10.1. The molecule has 2 amide bonds. The highest BCUT2D eigenvalue weighted by atomic mass is 35.5. The zero-order valence-corrected chi connectivity index (χ0v) is 12.4. The monoisotopic (exact) mass is 298 g/mol. The van der Waals surface area contributed by atoms with Crippen LogP contribution in [0.1, 0.15) is 30.6 Å². The van der Waals surface area contributed by atoms with Crippen molar-refractivity contribution in [3.05, 3.63) is 28.8 Å². The topological polar surface area (TPSA) is 69.6 Å². The molecule has 110 valence electrons. The van der Waals surface area contributed by atoms with Crippen molar-refractivity contribution >= 4 is 29.1 Å². The zero-order valence-electron chi connectivity index (χ0n) is 11.6. The molecular formula is C14H19ClN2O3. The van der Waals surface area contributed by atoms with Crippen molar-refractivity contribution in [2.75, 3.05) is 25.0 Å². The lowest BCUT2D eigenvalue weighted by molar-refractivity contribution is -0.114. The molecule has 0 aliphatic heterocycles. The standard InChI is InChI=1S/C14H19ClN2O3/c1-3-6-17(7-8-18)14(20)12-9-11(16-10(2)19)4-5-13(12)15/h4-5,9,18H,3,6-8H2,1-2H3,(H,16,19). The first-order valence-corrected chi connectivity index (χ1v) is 6.84. The Morgan fingerprint density at radius 3 is 2.60 bits per heavy atom. The summed E-state index contributed by atoms with van der Waals surface area (Å²) in [6, 6.07) is 4.76. The Morgan fingerprint density at radius 1 is 1.35 bits per heavy atom. The molecule has 0 atom stereocenters. The maximum atomic E-state index is 12.4. The molecular weight excluding hydrogens is 280 g/mol. The highest BCUT2D eigenvalue weighted by Crippen LogP contribution is 2.22. The molecule has 1 aromatic rings. The molecule has 2 N–H and O–H groups in total. The van der Waals surface area contributed by atoms with Gasteiger partial charge in [0.05, 0.1) is 17.2 Å². The quantitative estimate of drug-likeness (QED) is 0.845. The first kappa shape index (κ1) is 16.5. The minimum atomic E-state index is -0.252. The normalized spacial score (nSPS) is 10.2. The number of anilines is 1. The van der Waals surface area contributed by atoms with Crippen LogP contribution in [0.3, 0.4) is 0 Å². The Kier molecular flexibility index (Phi) is 6.48. The minimum absolute atomic E-state index is 0.102. The van der Waals surface area contributed by atoms with Crippen LogP contribution < -0.4 is 5.32 Å². The summed E-state index contributed by atoms with van der Waals surface area (Å²) in [4.78, 5) is 25.0. The molecule has 5 nitrogen and oxygen atoms in total. The van der Waals surface area contributed by atoms with Crippen molar-refractivity contribution < 1.29 is 14.7 Å². The van der Waals surface area contributed by atoms with Crippen LogP contribution >= 0.6 is 11.6 Å². The van der Waals surface area contributed by atoms with Crippen LogP contribution in [0.25, 0.3) is 0 Å². The molecule has 20 heavy (non-hydrogen) atoms. The number of nitrogens with zero attached hydrogens (tertiary/aromatic N) is 1. The third kappa shape index (κ3) is 4.51. The van der Waals surface area contributed by atoms with E-state index in [0.29, 0.717) is 22.8 Å². The molecule has 0 aliphatic rings. The predicted octanol–water partition coefficient (Wildman–Crippen LogP) is 2.14. The van der Waals surface area contributed by atoms with Crippen LogP contribution in [0.4, 0.5) is 5.69 Å². The molecule has 1 aromatic carbocycles. The lowest BCUT2D eigenvalue weighted by Crippen LogP contribution is -2.34. The highest BCUT2D eigenvalue weighted by molar-refractivity contribution is 6.34. The predicted molar refractivity (Wildman–Crippen MR) is 79.0 cm³/mol. The number of aliphatic hydroxyl groups is 1. The fourth-order valence-electron chi connectivity index (χ4n) is 1.85. The van der Waals surface area contributed by atoms with Crippen molar-refractivity contribution in [2.24, 2.45) is 0 Å². The number of carbonyl (C=O) groups is 2. The smallest absolute Gasteiger partial charge is 0.255 e. The minimum Gasteiger partial charge on any atom is -0.395 e. The van der Waals surface area contributed by atoms with Gasteiger partial charge in [-0.05, 0) is 24.6 Å². The van der Waals surface area contributed by atoms with Gasteiger partial charge >= 0.3 is 0 Å². The number of amides is 2. The average molecular weight is 299 g/mol. The van der Waals surface area contributed by atoms with E-state index in [0.717, 1.165) is 6.42 Å². The Bertz CT molecular complexity index is 485. The summed E-state index contributed by atoms with van der Waals surface area (Å²) in [6.07, 6.45) is 0.786. The number of rotatable bonds is 6. The fourth-order valence-corrected chi connectivity index (χ4v) is 2.04. The molecule has 0 spiro atoms. The molecule has 0 saturated heterocycles. The molecule has 0 aromatic heterocycles. The van der Waals surface area contributed by atoms with Crippen molar-refractivity contribution in [1.82, 2.24) is 4.90 Å². The summed E-state index contributed by atoms with van der Waals surface area (Å²) in [5.74, 6) is -0.468. The molecule has 0 fully saturated rings. The van der Waals surface area contributed by atoms with Crippen molar-refractivity contribution in [2.45, 2.75) is 20.3 Å². The van der Waals surface area contributed by atoms with Gasteiger partial charge < -0.3 is 15.3 Å². The van der Waals surface area contributed by atoms with E-state index in [1.807, 2.05) is 6.92 Å². The van der Waals surface area contributed by atoms with Gasteiger partial charge in [0.1, 0.15) is 0 Å². The third-order valence-corrected chi connectivity index (χ3v) is 3.00. The van der Waals surface area contributed by atoms with Crippen LogP contribution in [0.5, 0.6) is 0 Å². The van der Waals surface area contributed by atoms with E-state index in [1.165, 1.54) is 6.92 Å². The third-order valence-electron chi connectivity index (χ3n) is 2.67. The lowest BCUT2D eigenvalue weighted by Gasteiger charge is -2.22. The summed E-state index contributed by atoms with van der Waals surface area (Å²) in [6.45, 7) is 4.04. The zero-order chi connectivity index (χ0) is 15.1. The van der Waals surface area contributed by atoms with Crippen LogP contribution in [-0.4, -0.2) is 41.5 Å². The van der Waals surface area contributed by atoms with E-state index < -0.39 is 0 Å². The first-order chi connectivity index (χ1) is 9.49. The summed E-state index contributed by atoms with van der Waals surface area (Å²) in [5.41, 5.74) is 0.838. The Labute approximate surface area is 123 Å². The largest absolute Gasteiger partial charge is 0.395 e. The van der Waals surface area contributed by atoms with E-state index in [2.05, 4.69) is 5.32 Å². The van der Waals surface area contributed by atoms with Crippen LogP contribution in [0, 0.1) is 0 Å². The number of carbonyl (C=O) groups excluding carboxylic acids is 2. The Hall–Kier alpha value is -1.59. The van der Waals surface area contributed by atoms with E-state index in [9.17, 15) is 9.59 Å². The SMILES string of the molecule is CCCN(CCO)C(=O)c1cc(NC(C)=O)ccc1Cl.